The Kier molecular flexibility index (Phi) is 9.57. The number of aromatic nitrogens is 1. The van der Waals surface area contributed by atoms with E-state index in [0.29, 0.717) is 0 Å². The van der Waals surface area contributed by atoms with Gasteiger partial charge in [-0.25, -0.2) is 0 Å². The van der Waals surface area contributed by atoms with E-state index in [1.165, 1.54) is 55.3 Å². The molecule has 10 aromatic carbocycles. The molecule has 2 heteroatoms. The van der Waals surface area contributed by atoms with Crippen LogP contribution in [0.25, 0.3) is 83.1 Å². The van der Waals surface area contributed by atoms with E-state index in [4.69, 9.17) is 0 Å². The molecular formula is C60H42N2. The number of benzene rings is 10. The molecule has 0 radical (unpaired) electrons. The van der Waals surface area contributed by atoms with Gasteiger partial charge in [0.05, 0.1) is 28.1 Å². The van der Waals surface area contributed by atoms with E-state index in [-0.39, 0.29) is 0 Å². The Balaban J connectivity index is 1.14. The zero-order valence-electron chi connectivity index (χ0n) is 34.1. The van der Waals surface area contributed by atoms with Gasteiger partial charge >= 0.3 is 0 Å². The standard InChI is InChI=1S/C60H42N2/c1-5-18-43(19-6-1)46-32-34-49(35-33-46)52-26-13-15-28-55(52)61(51-39-36-47(37-40-51)44-20-7-2-8-21-44)58-30-17-31-59-60(58)53-27-14-16-29-56(53)62(59)57-41-38-50(45-22-9-3-10-23-45)42-54(57)48-24-11-4-12-25-48/h1-42H. The summed E-state index contributed by atoms with van der Waals surface area (Å²) in [6.07, 6.45) is 0. The lowest BCUT2D eigenvalue weighted by Gasteiger charge is -2.29. The van der Waals surface area contributed by atoms with Crippen molar-refractivity contribution in [2.24, 2.45) is 0 Å². The summed E-state index contributed by atoms with van der Waals surface area (Å²) in [5.74, 6) is 0. The van der Waals surface area contributed by atoms with Gasteiger partial charge in [0.15, 0.2) is 0 Å². The van der Waals surface area contributed by atoms with Gasteiger partial charge in [0, 0.05) is 27.6 Å². The molecule has 0 N–H and O–H groups in total. The van der Waals surface area contributed by atoms with Crippen molar-refractivity contribution in [2.45, 2.75) is 0 Å². The number of hydrogen-bond acceptors (Lipinski definition) is 1. The quantitative estimate of drug-likeness (QED) is 0.141. The van der Waals surface area contributed by atoms with E-state index >= 15 is 0 Å². The van der Waals surface area contributed by atoms with Gasteiger partial charge in [0.2, 0.25) is 0 Å². The Morgan fingerprint density at radius 3 is 1.35 bits per heavy atom. The second-order valence-corrected chi connectivity index (χ2v) is 15.7. The Hall–Kier alpha value is -8.20. The van der Waals surface area contributed by atoms with E-state index < -0.39 is 0 Å². The molecule has 1 heterocycles. The van der Waals surface area contributed by atoms with Crippen molar-refractivity contribution < 1.29 is 0 Å². The monoisotopic (exact) mass is 790 g/mol. The topological polar surface area (TPSA) is 8.17 Å². The fourth-order valence-corrected chi connectivity index (χ4v) is 9.06. The average molecular weight is 791 g/mol. The Morgan fingerprint density at radius 2 is 0.710 bits per heavy atom. The highest BCUT2D eigenvalue weighted by Gasteiger charge is 2.24. The molecule has 0 amide bonds. The van der Waals surface area contributed by atoms with Gasteiger partial charge in [-0.15, -0.1) is 0 Å². The first-order valence-electron chi connectivity index (χ1n) is 21.3. The van der Waals surface area contributed by atoms with Crippen LogP contribution >= 0.6 is 0 Å². The largest absolute Gasteiger partial charge is 0.309 e. The highest BCUT2D eigenvalue weighted by molar-refractivity contribution is 6.17. The van der Waals surface area contributed by atoms with Crippen molar-refractivity contribution >= 4 is 38.9 Å². The van der Waals surface area contributed by atoms with Crippen molar-refractivity contribution in [3.63, 3.8) is 0 Å². The number of para-hydroxylation sites is 2. The van der Waals surface area contributed by atoms with Crippen LogP contribution in [0.1, 0.15) is 0 Å². The molecule has 0 spiro atoms. The number of anilines is 3. The van der Waals surface area contributed by atoms with E-state index in [1.54, 1.807) is 0 Å². The molecule has 0 fully saturated rings. The summed E-state index contributed by atoms with van der Waals surface area (Å²) in [6, 6.07) is 92.1. The van der Waals surface area contributed by atoms with Gasteiger partial charge in [-0.1, -0.05) is 206 Å². The molecule has 2 nitrogen and oxygen atoms in total. The second-order valence-electron chi connectivity index (χ2n) is 15.7. The molecule has 0 atom stereocenters. The molecule has 11 aromatic rings. The van der Waals surface area contributed by atoms with Gasteiger partial charge in [-0.05, 0) is 93.0 Å². The number of rotatable bonds is 9. The maximum atomic E-state index is 2.47. The molecule has 62 heavy (non-hydrogen) atoms. The summed E-state index contributed by atoms with van der Waals surface area (Å²) >= 11 is 0. The summed E-state index contributed by atoms with van der Waals surface area (Å²) in [7, 11) is 0. The molecule has 292 valence electrons. The van der Waals surface area contributed by atoms with Crippen molar-refractivity contribution in [1.29, 1.82) is 0 Å². The summed E-state index contributed by atoms with van der Waals surface area (Å²) in [5, 5.41) is 2.38. The molecule has 0 saturated heterocycles. The van der Waals surface area contributed by atoms with Crippen LogP contribution in [0.5, 0.6) is 0 Å². The predicted octanol–water partition coefficient (Wildman–Crippen LogP) is 16.6. The van der Waals surface area contributed by atoms with E-state index in [0.717, 1.165) is 44.9 Å². The minimum atomic E-state index is 1.08. The first-order chi connectivity index (χ1) is 30.8. The van der Waals surface area contributed by atoms with E-state index in [9.17, 15) is 0 Å². The molecule has 0 saturated carbocycles. The number of hydrogen-bond donors (Lipinski definition) is 0. The third-order valence-electron chi connectivity index (χ3n) is 12.0. The van der Waals surface area contributed by atoms with Crippen LogP contribution in [0.2, 0.25) is 0 Å². The van der Waals surface area contributed by atoms with Crippen LogP contribution in [0.4, 0.5) is 17.1 Å². The SMILES string of the molecule is c1ccc(-c2ccc(-c3ccccc3N(c3ccc(-c4ccccc4)cc3)c3cccc4c3c3ccccc3n4-c3ccc(-c4ccccc4)cc3-c3ccccc3)cc2)cc1. The molecule has 11 rings (SSSR count). The Morgan fingerprint density at radius 1 is 0.274 bits per heavy atom. The summed E-state index contributed by atoms with van der Waals surface area (Å²) in [5.41, 5.74) is 18.6. The highest BCUT2D eigenvalue weighted by atomic mass is 15.2. The third-order valence-corrected chi connectivity index (χ3v) is 12.0. The van der Waals surface area contributed by atoms with Crippen LogP contribution in [-0.4, -0.2) is 4.57 Å². The van der Waals surface area contributed by atoms with Crippen molar-refractivity contribution in [1.82, 2.24) is 4.57 Å². The summed E-state index contributed by atoms with van der Waals surface area (Å²) in [6.45, 7) is 0. The van der Waals surface area contributed by atoms with E-state index in [2.05, 4.69) is 264 Å². The molecular weight excluding hydrogens is 749 g/mol. The fourth-order valence-electron chi connectivity index (χ4n) is 9.06. The van der Waals surface area contributed by atoms with Crippen molar-refractivity contribution in [2.75, 3.05) is 4.90 Å². The highest BCUT2D eigenvalue weighted by Crippen LogP contribution is 2.47. The lowest BCUT2D eigenvalue weighted by Crippen LogP contribution is -2.11. The molecule has 0 aliphatic heterocycles. The van der Waals surface area contributed by atoms with Gasteiger partial charge in [0.25, 0.3) is 0 Å². The van der Waals surface area contributed by atoms with Crippen LogP contribution < -0.4 is 4.90 Å². The minimum absolute atomic E-state index is 1.08. The summed E-state index contributed by atoms with van der Waals surface area (Å²) in [4.78, 5) is 2.46. The molecule has 1 aromatic heterocycles. The lowest BCUT2D eigenvalue weighted by molar-refractivity contribution is 1.18. The predicted molar refractivity (Wildman–Crippen MR) is 263 cm³/mol. The summed E-state index contributed by atoms with van der Waals surface area (Å²) < 4.78 is 2.47. The van der Waals surface area contributed by atoms with Crippen LogP contribution in [-0.2, 0) is 0 Å². The first-order valence-corrected chi connectivity index (χ1v) is 21.3. The maximum Gasteiger partial charge on any atom is 0.0562 e. The Bertz CT molecular complexity index is 3300. The molecule has 0 bridgehead atoms. The maximum absolute atomic E-state index is 2.47. The average Bonchev–Trinajstić information content (AvgIpc) is 3.70. The zero-order chi connectivity index (χ0) is 41.2. The van der Waals surface area contributed by atoms with Crippen LogP contribution in [0, 0.1) is 0 Å². The number of fused-ring (bicyclic) bond motifs is 3. The van der Waals surface area contributed by atoms with Gasteiger partial charge < -0.3 is 9.47 Å². The molecule has 0 aliphatic carbocycles. The fraction of sp³-hybridized carbons (Fsp3) is 0. The van der Waals surface area contributed by atoms with Crippen LogP contribution in [0.15, 0.2) is 255 Å². The van der Waals surface area contributed by atoms with Gasteiger partial charge in [-0.3, -0.25) is 0 Å². The molecule has 0 aliphatic rings. The normalized spacial score (nSPS) is 11.2. The lowest BCUT2D eigenvalue weighted by atomic mass is 9.97. The Labute approximate surface area is 362 Å². The van der Waals surface area contributed by atoms with Crippen LogP contribution in [0.3, 0.4) is 0 Å². The third kappa shape index (κ3) is 6.74. The van der Waals surface area contributed by atoms with E-state index in [1.807, 2.05) is 0 Å². The minimum Gasteiger partial charge on any atom is -0.309 e. The molecule has 0 unspecified atom stereocenters. The first kappa shape index (κ1) is 36.8. The zero-order valence-corrected chi connectivity index (χ0v) is 34.1. The smallest absolute Gasteiger partial charge is 0.0562 e. The van der Waals surface area contributed by atoms with Crippen molar-refractivity contribution in [3.8, 4) is 61.3 Å². The van der Waals surface area contributed by atoms with Gasteiger partial charge in [-0.2, -0.15) is 0 Å². The van der Waals surface area contributed by atoms with Crippen molar-refractivity contribution in [3.05, 3.63) is 255 Å². The van der Waals surface area contributed by atoms with Gasteiger partial charge in [0.1, 0.15) is 0 Å². The second kappa shape index (κ2) is 16.1. The number of nitrogens with zero attached hydrogens (tertiary/aromatic N) is 2.